The Morgan fingerprint density at radius 2 is 1.93 bits per heavy atom. The number of hydrazone groups is 1. The number of amides is 1. The Labute approximate surface area is 167 Å². The molecule has 3 rings (SSSR count). The number of nitrogens with zero attached hydrogens (tertiary/aromatic N) is 2. The normalized spacial score (nSPS) is 10.7. The summed E-state index contributed by atoms with van der Waals surface area (Å²) in [4.78, 5) is 15.6. The minimum absolute atomic E-state index is 0.0987. The minimum Gasteiger partial charge on any atom is -0.497 e. The highest BCUT2D eigenvalue weighted by molar-refractivity contribution is 7.14. The highest BCUT2D eigenvalue weighted by Gasteiger charge is 2.06. The number of aromatic nitrogens is 1. The summed E-state index contributed by atoms with van der Waals surface area (Å²) in [5.74, 6) is 1.32. The zero-order chi connectivity index (χ0) is 19.9. The van der Waals surface area contributed by atoms with Crippen LogP contribution in [0.5, 0.6) is 11.5 Å². The van der Waals surface area contributed by atoms with Crippen molar-refractivity contribution >= 4 is 34.3 Å². The largest absolute Gasteiger partial charge is 0.497 e. The van der Waals surface area contributed by atoms with Crippen LogP contribution in [-0.4, -0.2) is 31.3 Å². The van der Waals surface area contributed by atoms with Gasteiger partial charge in [0.1, 0.15) is 11.5 Å². The smallest absolute Gasteiger partial charge is 0.221 e. The third kappa shape index (κ3) is 4.86. The standard InChI is InChI=1S/C20H20N4O3S/c1-13(25)22-16-6-4-14(5-7-16)18-12-28-20(23-18)24-21-11-15-10-17(26-2)8-9-19(15)27-3/h4-12H,1-3H3,(H,22,25)(H,23,24)/b21-11-. The molecular weight excluding hydrogens is 376 g/mol. The average molecular weight is 396 g/mol. The fraction of sp³-hybridized carbons (Fsp3) is 0.150. The Morgan fingerprint density at radius 3 is 2.61 bits per heavy atom. The van der Waals surface area contributed by atoms with E-state index in [1.54, 1.807) is 20.4 Å². The van der Waals surface area contributed by atoms with Crippen molar-refractivity contribution in [1.29, 1.82) is 0 Å². The number of carbonyl (C=O) groups is 1. The summed E-state index contributed by atoms with van der Waals surface area (Å²) in [5, 5.41) is 9.59. The van der Waals surface area contributed by atoms with E-state index in [4.69, 9.17) is 9.47 Å². The number of anilines is 2. The highest BCUT2D eigenvalue weighted by Crippen LogP contribution is 2.26. The van der Waals surface area contributed by atoms with Crippen LogP contribution < -0.4 is 20.2 Å². The average Bonchev–Trinajstić information content (AvgIpc) is 3.17. The van der Waals surface area contributed by atoms with E-state index in [0.29, 0.717) is 10.9 Å². The molecule has 0 fully saturated rings. The molecule has 1 amide bonds. The highest BCUT2D eigenvalue weighted by atomic mass is 32.1. The predicted molar refractivity (Wildman–Crippen MR) is 113 cm³/mol. The molecule has 0 aliphatic rings. The van der Waals surface area contributed by atoms with Crippen molar-refractivity contribution in [3.05, 3.63) is 53.4 Å². The van der Waals surface area contributed by atoms with Gasteiger partial charge in [0.25, 0.3) is 0 Å². The number of thiazole rings is 1. The first-order valence-corrected chi connectivity index (χ1v) is 9.31. The maximum Gasteiger partial charge on any atom is 0.221 e. The lowest BCUT2D eigenvalue weighted by molar-refractivity contribution is -0.114. The van der Waals surface area contributed by atoms with Crippen LogP contribution in [0.15, 0.2) is 52.9 Å². The van der Waals surface area contributed by atoms with Gasteiger partial charge in [0.2, 0.25) is 11.0 Å². The van der Waals surface area contributed by atoms with E-state index in [1.165, 1.54) is 18.3 Å². The van der Waals surface area contributed by atoms with Crippen molar-refractivity contribution in [1.82, 2.24) is 4.98 Å². The monoisotopic (exact) mass is 396 g/mol. The van der Waals surface area contributed by atoms with Crippen LogP contribution in [0.3, 0.4) is 0 Å². The van der Waals surface area contributed by atoms with Gasteiger partial charge in [-0.25, -0.2) is 4.98 Å². The van der Waals surface area contributed by atoms with Crippen molar-refractivity contribution in [2.75, 3.05) is 25.0 Å². The molecule has 0 aliphatic heterocycles. The fourth-order valence-corrected chi connectivity index (χ4v) is 3.15. The minimum atomic E-state index is -0.0987. The lowest BCUT2D eigenvalue weighted by Crippen LogP contribution is -2.05. The second-order valence-electron chi connectivity index (χ2n) is 5.77. The Hall–Kier alpha value is -3.39. The summed E-state index contributed by atoms with van der Waals surface area (Å²) >= 11 is 1.45. The van der Waals surface area contributed by atoms with Gasteiger partial charge in [-0.3, -0.25) is 10.2 Å². The van der Waals surface area contributed by atoms with Crippen LogP contribution in [0, 0.1) is 0 Å². The summed E-state index contributed by atoms with van der Waals surface area (Å²) in [6.45, 7) is 1.48. The zero-order valence-electron chi connectivity index (χ0n) is 15.7. The number of hydrogen-bond acceptors (Lipinski definition) is 7. The molecule has 28 heavy (non-hydrogen) atoms. The molecule has 0 saturated heterocycles. The van der Waals surface area contributed by atoms with Crippen LogP contribution in [0.1, 0.15) is 12.5 Å². The molecule has 0 aliphatic carbocycles. The molecule has 1 aromatic heterocycles. The third-order valence-electron chi connectivity index (χ3n) is 3.81. The van der Waals surface area contributed by atoms with Gasteiger partial charge >= 0.3 is 0 Å². The molecule has 144 valence electrons. The van der Waals surface area contributed by atoms with Gasteiger partial charge in [-0.15, -0.1) is 11.3 Å². The molecule has 0 radical (unpaired) electrons. The third-order valence-corrected chi connectivity index (χ3v) is 4.55. The van der Waals surface area contributed by atoms with Crippen molar-refractivity contribution in [3.63, 3.8) is 0 Å². The van der Waals surface area contributed by atoms with Crippen LogP contribution >= 0.6 is 11.3 Å². The lowest BCUT2D eigenvalue weighted by Gasteiger charge is -2.06. The topological polar surface area (TPSA) is 84.8 Å². The summed E-state index contributed by atoms with van der Waals surface area (Å²) in [5.41, 5.74) is 6.26. The number of nitrogens with one attached hydrogen (secondary N) is 2. The second-order valence-corrected chi connectivity index (χ2v) is 6.63. The van der Waals surface area contributed by atoms with E-state index in [2.05, 4.69) is 20.8 Å². The maximum absolute atomic E-state index is 11.1. The van der Waals surface area contributed by atoms with Gasteiger partial charge in [0.05, 0.1) is 26.1 Å². The summed E-state index contributed by atoms with van der Waals surface area (Å²) in [6, 6.07) is 13.0. The molecule has 0 saturated carbocycles. The van der Waals surface area contributed by atoms with Crippen LogP contribution in [0.25, 0.3) is 11.3 Å². The Kier molecular flexibility index (Phi) is 6.23. The fourth-order valence-electron chi connectivity index (χ4n) is 2.48. The van der Waals surface area contributed by atoms with E-state index in [1.807, 2.05) is 47.8 Å². The van der Waals surface area contributed by atoms with Gasteiger partial charge in [-0.2, -0.15) is 5.10 Å². The van der Waals surface area contributed by atoms with Gasteiger partial charge < -0.3 is 14.8 Å². The Morgan fingerprint density at radius 1 is 1.14 bits per heavy atom. The molecule has 3 aromatic rings. The first kappa shape index (κ1) is 19.4. The second kappa shape index (κ2) is 9.01. The molecule has 0 spiro atoms. The van der Waals surface area contributed by atoms with E-state index < -0.39 is 0 Å². The molecule has 0 atom stereocenters. The van der Waals surface area contributed by atoms with Gasteiger partial charge in [0, 0.05) is 29.1 Å². The SMILES string of the molecule is COc1ccc(OC)c(/C=N\Nc2nc(-c3ccc(NC(C)=O)cc3)cs2)c1. The first-order chi connectivity index (χ1) is 13.6. The number of methoxy groups -OCH3 is 2. The van der Waals surface area contributed by atoms with Crippen LogP contribution in [-0.2, 0) is 4.79 Å². The quantitative estimate of drug-likeness (QED) is 0.461. The number of rotatable bonds is 7. The molecule has 8 heteroatoms. The van der Waals surface area contributed by atoms with Crippen LogP contribution in [0.2, 0.25) is 0 Å². The number of hydrogen-bond donors (Lipinski definition) is 2. The van der Waals surface area contributed by atoms with E-state index in [0.717, 1.165) is 28.3 Å². The molecular formula is C20H20N4O3S. The van der Waals surface area contributed by atoms with Gasteiger partial charge in [0.15, 0.2) is 0 Å². The molecule has 0 unspecified atom stereocenters. The summed E-state index contributed by atoms with van der Waals surface area (Å²) in [7, 11) is 3.22. The lowest BCUT2D eigenvalue weighted by atomic mass is 10.1. The summed E-state index contributed by atoms with van der Waals surface area (Å²) < 4.78 is 10.6. The van der Waals surface area contributed by atoms with E-state index in [-0.39, 0.29) is 5.91 Å². The number of benzene rings is 2. The molecule has 2 N–H and O–H groups in total. The first-order valence-electron chi connectivity index (χ1n) is 8.43. The van der Waals surface area contributed by atoms with Crippen molar-refractivity contribution in [2.45, 2.75) is 6.92 Å². The molecule has 2 aromatic carbocycles. The molecule has 0 bridgehead atoms. The van der Waals surface area contributed by atoms with Crippen LogP contribution in [0.4, 0.5) is 10.8 Å². The predicted octanol–water partition coefficient (Wildman–Crippen LogP) is 4.23. The van der Waals surface area contributed by atoms with Crippen molar-refractivity contribution in [3.8, 4) is 22.8 Å². The van der Waals surface area contributed by atoms with E-state index >= 15 is 0 Å². The Bertz CT molecular complexity index is 983. The Balaban J connectivity index is 1.68. The number of ether oxygens (including phenoxy) is 2. The van der Waals surface area contributed by atoms with Gasteiger partial charge in [-0.1, -0.05) is 12.1 Å². The molecule has 7 nitrogen and oxygen atoms in total. The van der Waals surface area contributed by atoms with Crippen molar-refractivity contribution in [2.24, 2.45) is 5.10 Å². The van der Waals surface area contributed by atoms with Gasteiger partial charge in [-0.05, 0) is 30.3 Å². The van der Waals surface area contributed by atoms with E-state index in [9.17, 15) is 4.79 Å². The summed E-state index contributed by atoms with van der Waals surface area (Å²) in [6.07, 6.45) is 1.66. The maximum atomic E-state index is 11.1. The molecule has 1 heterocycles. The number of carbonyl (C=O) groups excluding carboxylic acids is 1. The zero-order valence-corrected chi connectivity index (χ0v) is 16.5. The van der Waals surface area contributed by atoms with Crippen molar-refractivity contribution < 1.29 is 14.3 Å².